The summed E-state index contributed by atoms with van der Waals surface area (Å²) in [4.78, 5) is 0. The van der Waals surface area contributed by atoms with Crippen molar-refractivity contribution < 1.29 is 4.43 Å². The number of rotatable bonds is 2. The first-order valence-corrected chi connectivity index (χ1v) is 9.22. The van der Waals surface area contributed by atoms with Crippen LogP contribution in [0.4, 0.5) is 0 Å². The van der Waals surface area contributed by atoms with Gasteiger partial charge in [-0.05, 0) is 67.7 Å². The summed E-state index contributed by atoms with van der Waals surface area (Å²) in [5.41, 5.74) is 4.00. The molecule has 0 amide bonds. The van der Waals surface area contributed by atoms with Gasteiger partial charge in [0, 0.05) is 0 Å². The van der Waals surface area contributed by atoms with Crippen molar-refractivity contribution in [2.24, 2.45) is 0 Å². The molecule has 0 saturated carbocycles. The Labute approximate surface area is 107 Å². The Morgan fingerprint density at radius 3 is 1.71 bits per heavy atom. The molecule has 0 aliphatic rings. The zero-order chi connectivity index (χ0) is 13.4. The first kappa shape index (κ1) is 14.3. The van der Waals surface area contributed by atoms with Crippen LogP contribution in [0.1, 0.15) is 37.5 Å². The Morgan fingerprint density at radius 1 is 0.941 bits per heavy atom. The van der Waals surface area contributed by atoms with E-state index in [4.69, 9.17) is 4.43 Å². The van der Waals surface area contributed by atoms with Crippen LogP contribution in [-0.4, -0.2) is 8.32 Å². The molecule has 0 fully saturated rings. The van der Waals surface area contributed by atoms with Crippen LogP contribution in [-0.2, 0) is 0 Å². The number of hydrogen-bond acceptors (Lipinski definition) is 1. The van der Waals surface area contributed by atoms with Crippen LogP contribution in [0, 0.1) is 20.8 Å². The number of hydrogen-bond donors (Lipinski definition) is 0. The molecule has 1 rings (SSSR count). The van der Waals surface area contributed by atoms with Gasteiger partial charge in [0.25, 0.3) is 0 Å². The van der Waals surface area contributed by atoms with E-state index >= 15 is 0 Å². The van der Waals surface area contributed by atoms with Crippen LogP contribution in [0.5, 0.6) is 5.75 Å². The summed E-state index contributed by atoms with van der Waals surface area (Å²) in [6.07, 6.45) is 0. The van der Waals surface area contributed by atoms with Gasteiger partial charge in [-0.25, -0.2) is 0 Å². The average molecular weight is 250 g/mol. The van der Waals surface area contributed by atoms with Crippen LogP contribution >= 0.6 is 0 Å². The highest BCUT2D eigenvalue weighted by Gasteiger charge is 2.39. The predicted molar refractivity (Wildman–Crippen MR) is 78.5 cm³/mol. The minimum Gasteiger partial charge on any atom is -0.543 e. The van der Waals surface area contributed by atoms with Crippen molar-refractivity contribution in [3.8, 4) is 5.75 Å². The van der Waals surface area contributed by atoms with Crippen LogP contribution in [0.3, 0.4) is 0 Å². The summed E-state index contributed by atoms with van der Waals surface area (Å²) in [6.45, 7) is 17.9. The molecule has 0 heterocycles. The largest absolute Gasteiger partial charge is 0.543 e. The standard InChI is InChI=1S/C15H26OSi/c1-11-9-14(10-12(2)13(11)3)16-17(7,8)15(4,5)6/h9-10H,1-8H3. The van der Waals surface area contributed by atoms with Gasteiger partial charge >= 0.3 is 0 Å². The van der Waals surface area contributed by atoms with Crippen molar-refractivity contribution >= 4 is 8.32 Å². The van der Waals surface area contributed by atoms with E-state index in [1.807, 2.05) is 0 Å². The second-order valence-corrected chi connectivity index (χ2v) is 11.3. The van der Waals surface area contributed by atoms with Crippen molar-refractivity contribution in [2.45, 2.75) is 59.7 Å². The van der Waals surface area contributed by atoms with Gasteiger partial charge in [-0.3, -0.25) is 0 Å². The summed E-state index contributed by atoms with van der Waals surface area (Å²) in [5, 5.41) is 0.250. The molecule has 1 aromatic carbocycles. The van der Waals surface area contributed by atoms with Gasteiger partial charge in [0.1, 0.15) is 5.75 Å². The lowest BCUT2D eigenvalue weighted by molar-refractivity contribution is 0.491. The molecule has 96 valence electrons. The van der Waals surface area contributed by atoms with Gasteiger partial charge in [-0.15, -0.1) is 0 Å². The normalized spacial score (nSPS) is 12.7. The molecule has 17 heavy (non-hydrogen) atoms. The first-order chi connectivity index (χ1) is 7.54. The maximum Gasteiger partial charge on any atom is 0.250 e. The monoisotopic (exact) mass is 250 g/mol. The third-order valence-corrected chi connectivity index (χ3v) is 8.44. The molecule has 0 radical (unpaired) electrons. The Balaban J connectivity index is 3.05. The van der Waals surface area contributed by atoms with Gasteiger partial charge in [-0.2, -0.15) is 0 Å². The zero-order valence-corrected chi connectivity index (χ0v) is 13.6. The highest BCUT2D eigenvalue weighted by molar-refractivity contribution is 6.74. The maximum absolute atomic E-state index is 6.32. The fourth-order valence-corrected chi connectivity index (χ4v) is 2.52. The average Bonchev–Trinajstić information content (AvgIpc) is 2.11. The molecule has 0 saturated heterocycles. The van der Waals surface area contributed by atoms with Crippen LogP contribution in [0.25, 0.3) is 0 Å². The van der Waals surface area contributed by atoms with Crippen LogP contribution in [0.2, 0.25) is 18.1 Å². The quantitative estimate of drug-likeness (QED) is 0.671. The zero-order valence-electron chi connectivity index (χ0n) is 12.6. The maximum atomic E-state index is 6.32. The fraction of sp³-hybridized carbons (Fsp3) is 0.600. The lowest BCUT2D eigenvalue weighted by atomic mass is 10.0. The molecule has 1 aromatic rings. The van der Waals surface area contributed by atoms with E-state index in [9.17, 15) is 0 Å². The third kappa shape index (κ3) is 3.12. The van der Waals surface area contributed by atoms with E-state index in [1.165, 1.54) is 16.7 Å². The van der Waals surface area contributed by atoms with Crippen molar-refractivity contribution in [2.75, 3.05) is 0 Å². The summed E-state index contributed by atoms with van der Waals surface area (Å²) in [7, 11) is -1.71. The molecule has 0 atom stereocenters. The molecule has 0 aliphatic carbocycles. The predicted octanol–water partition coefficient (Wildman–Crippen LogP) is 5.00. The highest BCUT2D eigenvalue weighted by Crippen LogP contribution is 2.37. The fourth-order valence-electron chi connectivity index (χ4n) is 1.50. The Bertz CT molecular complexity index is 390. The van der Waals surface area contributed by atoms with Crippen molar-refractivity contribution in [1.29, 1.82) is 0 Å². The van der Waals surface area contributed by atoms with Crippen LogP contribution in [0.15, 0.2) is 12.1 Å². The van der Waals surface area contributed by atoms with Gasteiger partial charge in [-0.1, -0.05) is 20.8 Å². The van der Waals surface area contributed by atoms with Gasteiger partial charge in [0.2, 0.25) is 8.32 Å². The van der Waals surface area contributed by atoms with Gasteiger partial charge < -0.3 is 4.43 Å². The third-order valence-electron chi connectivity index (χ3n) is 4.08. The molecule has 2 heteroatoms. The molecule has 0 aromatic heterocycles. The van der Waals surface area contributed by atoms with E-state index in [0.717, 1.165) is 5.75 Å². The van der Waals surface area contributed by atoms with Crippen molar-refractivity contribution in [3.63, 3.8) is 0 Å². The summed E-state index contributed by atoms with van der Waals surface area (Å²) in [5.74, 6) is 1.04. The summed E-state index contributed by atoms with van der Waals surface area (Å²) >= 11 is 0. The number of aryl methyl sites for hydroxylation is 2. The summed E-state index contributed by atoms with van der Waals surface area (Å²) < 4.78 is 6.32. The van der Waals surface area contributed by atoms with Crippen LogP contribution < -0.4 is 4.43 Å². The van der Waals surface area contributed by atoms with E-state index in [2.05, 4.69) is 66.8 Å². The Kier molecular flexibility index (Phi) is 3.77. The first-order valence-electron chi connectivity index (χ1n) is 6.31. The van der Waals surface area contributed by atoms with E-state index in [0.29, 0.717) is 0 Å². The Hall–Kier alpha value is -0.763. The lowest BCUT2D eigenvalue weighted by Gasteiger charge is -2.36. The van der Waals surface area contributed by atoms with Gasteiger partial charge in [0.05, 0.1) is 0 Å². The van der Waals surface area contributed by atoms with Crippen molar-refractivity contribution in [1.82, 2.24) is 0 Å². The highest BCUT2D eigenvalue weighted by atomic mass is 28.4. The summed E-state index contributed by atoms with van der Waals surface area (Å²) in [6, 6.07) is 4.34. The second kappa shape index (κ2) is 4.49. The van der Waals surface area contributed by atoms with E-state index in [1.54, 1.807) is 0 Å². The molecule has 0 unspecified atom stereocenters. The second-order valence-electron chi connectivity index (χ2n) is 6.54. The smallest absolute Gasteiger partial charge is 0.250 e. The topological polar surface area (TPSA) is 9.23 Å². The lowest BCUT2D eigenvalue weighted by Crippen LogP contribution is -2.43. The van der Waals surface area contributed by atoms with E-state index < -0.39 is 8.32 Å². The van der Waals surface area contributed by atoms with Crippen molar-refractivity contribution in [3.05, 3.63) is 28.8 Å². The minimum atomic E-state index is -1.71. The molecule has 0 bridgehead atoms. The minimum absolute atomic E-state index is 0.250. The molecule has 0 aliphatic heterocycles. The molecular weight excluding hydrogens is 224 g/mol. The van der Waals surface area contributed by atoms with Gasteiger partial charge in [0.15, 0.2) is 0 Å². The molecule has 0 N–H and O–H groups in total. The Morgan fingerprint density at radius 2 is 1.35 bits per heavy atom. The molecule has 1 nitrogen and oxygen atoms in total. The molecular formula is C15H26OSi. The molecule has 0 spiro atoms. The number of benzene rings is 1. The SMILES string of the molecule is Cc1cc(O[Si](C)(C)C(C)(C)C)cc(C)c1C. The van der Waals surface area contributed by atoms with E-state index in [-0.39, 0.29) is 5.04 Å².